The van der Waals surface area contributed by atoms with E-state index in [1.807, 2.05) is 0 Å². The van der Waals surface area contributed by atoms with Gasteiger partial charge in [-0.1, -0.05) is 0 Å². The zero-order chi connectivity index (χ0) is 13.5. The molecule has 0 fully saturated rings. The molecule has 16 heteroatoms. The van der Waals surface area contributed by atoms with Crippen LogP contribution in [0.4, 0.5) is 0 Å². The Bertz CT molecular complexity index is 480. The molecule has 0 aromatic rings. The van der Waals surface area contributed by atoms with Crippen molar-refractivity contribution < 1.29 is 123 Å². The largest absolute Gasteiger partial charge is 3.00 e. The maximum absolute atomic E-state index is 8.58. The normalized spacial score (nSPS) is 10.7. The summed E-state index contributed by atoms with van der Waals surface area (Å²) in [6.07, 6.45) is 0. The van der Waals surface area contributed by atoms with Crippen molar-refractivity contribution >= 4 is 0 Å². The van der Waals surface area contributed by atoms with Crippen LogP contribution in [0, 0.1) is 36.9 Å². The van der Waals surface area contributed by atoms with E-state index < -0.39 is 38.9 Å². The third kappa shape index (κ3) is 3760. The van der Waals surface area contributed by atoms with Gasteiger partial charge in [0.05, 0.1) is 0 Å². The molecule has 0 aliphatic carbocycles. The van der Waals surface area contributed by atoms with E-state index >= 15 is 0 Å². The van der Waals surface area contributed by atoms with Crippen LogP contribution in [0.15, 0.2) is 0 Å². The summed E-state index contributed by atoms with van der Waals surface area (Å²) in [4.78, 5) is 0. The Morgan fingerprint density at radius 1 is 0.438 bits per heavy atom. The molecular weight excluding hydrogens is 526 g/mol. The summed E-state index contributed by atoms with van der Waals surface area (Å²) in [6.45, 7) is 0. The van der Waals surface area contributed by atoms with Gasteiger partial charge >= 0.3 is 123 Å². The topological polar surface area (TPSA) is 223 Å². The molecule has 0 radical (unpaired) electrons. The predicted molar refractivity (Wildman–Crippen MR) is 6.18 cm³/mol. The fourth-order valence-corrected chi connectivity index (χ4v) is 0. The van der Waals surface area contributed by atoms with E-state index in [1.54, 1.807) is 0 Å². The van der Waals surface area contributed by atoms with E-state index in [9.17, 15) is 0 Å². The maximum atomic E-state index is 8.58. The van der Waals surface area contributed by atoms with Crippen LogP contribution in [0.5, 0.6) is 0 Å². The summed E-state index contributed by atoms with van der Waals surface area (Å²) in [5.41, 5.74) is 0. The van der Waals surface area contributed by atoms with Gasteiger partial charge in [0, 0.05) is 0 Å². The van der Waals surface area contributed by atoms with Crippen LogP contribution in [0.2, 0.25) is 0 Å². The molecule has 0 amide bonds. The van der Waals surface area contributed by atoms with Crippen LogP contribution in [0.1, 0.15) is 0 Å². The fraction of sp³-hybridized carbons (Fsp3) is 0. The monoisotopic (exact) mass is 526 g/mol. The first-order valence-electron chi connectivity index (χ1n) is 1.85. The van der Waals surface area contributed by atoms with Gasteiger partial charge in [-0.25, -0.2) is 0 Å². The Morgan fingerprint density at radius 3 is 0.438 bits per heavy atom. The van der Waals surface area contributed by atoms with Crippen molar-refractivity contribution in [1.82, 2.24) is 0 Å². The van der Waals surface area contributed by atoms with Gasteiger partial charge in [0.25, 0.3) is 0 Å². The second kappa shape index (κ2) is 9.86. The Balaban J connectivity index is -0.0000000655. The van der Waals surface area contributed by atoms with E-state index in [4.69, 9.17) is 47.1 Å². The van der Waals surface area contributed by atoms with Crippen LogP contribution >= 0.6 is 0 Å². The molecule has 0 heterocycles. The van der Waals surface area contributed by atoms with Crippen LogP contribution in [-0.2, 0) is 73.4 Å². The van der Waals surface area contributed by atoms with E-state index in [-0.39, 0.29) is 36.9 Å². The molecule has 0 atom stereocenters. The minimum atomic E-state index is -5.62. The van der Waals surface area contributed by atoms with Crippen LogP contribution in [-0.4, -0.2) is 0 Å². The average Bonchev–Trinajstić information content (AvgIpc) is 1.41. The summed E-state index contributed by atoms with van der Waals surface area (Å²) in [7, 11) is 0. The van der Waals surface area contributed by atoms with Crippen molar-refractivity contribution in [1.29, 1.82) is 0 Å². The summed E-state index contributed by atoms with van der Waals surface area (Å²) in [6, 6.07) is 0. The van der Waals surface area contributed by atoms with Gasteiger partial charge in [0.2, 0.25) is 0 Å². The second-order valence-electron chi connectivity index (χ2n) is 1.13. The van der Waals surface area contributed by atoms with Crippen LogP contribution in [0.25, 0.3) is 0 Å². The summed E-state index contributed by atoms with van der Waals surface area (Å²) < 4.78 is 103. The molecule has 0 aromatic carbocycles. The molecule has 0 unspecified atom stereocenters. The number of hydrogen-bond donors (Lipinski definition) is 0. The Kier molecular flexibility index (Phi) is 15.8. The Morgan fingerprint density at radius 2 is 0.438 bits per heavy atom. The molecule has 0 N–H and O–H groups in total. The second-order valence-corrected chi connectivity index (χ2v) is 4.68. The molecule has 16 heavy (non-hydrogen) atoms. The van der Waals surface area contributed by atoms with Gasteiger partial charge in [-0.2, -0.15) is 0 Å². The molecule has 0 saturated heterocycles. The molecule has 0 spiro atoms. The van der Waals surface area contributed by atoms with Crippen molar-refractivity contribution in [3.63, 3.8) is 0 Å². The number of hydrogen-bond acceptors (Lipinski definition) is 12. The standard InChI is InChI=1S/3Mn.12O.Tm/q;;;;;;;;;;;;3*-1;+3. The van der Waals surface area contributed by atoms with Gasteiger partial charge in [-0.3, -0.25) is 0 Å². The summed E-state index contributed by atoms with van der Waals surface area (Å²) in [5, 5.41) is 0. The first-order valence-corrected chi connectivity index (χ1v) is 7.63. The smallest absolute Gasteiger partial charge is 3.00 e. The third-order valence-electron chi connectivity index (χ3n) is 0. The van der Waals surface area contributed by atoms with Crippen LogP contribution in [0.3, 0.4) is 0 Å². The molecule has 0 aliphatic heterocycles. The molecule has 106 valence electrons. The van der Waals surface area contributed by atoms with Gasteiger partial charge in [0.1, 0.15) is 0 Å². The Labute approximate surface area is 121 Å². The van der Waals surface area contributed by atoms with Gasteiger partial charge in [-0.05, 0) is 0 Å². The minimum absolute atomic E-state index is 0. The van der Waals surface area contributed by atoms with Crippen molar-refractivity contribution in [2.24, 2.45) is 0 Å². The average molecular weight is 526 g/mol. The molecule has 12 nitrogen and oxygen atoms in total. The van der Waals surface area contributed by atoms with Gasteiger partial charge in [0.15, 0.2) is 0 Å². The van der Waals surface area contributed by atoms with Crippen molar-refractivity contribution in [3.8, 4) is 0 Å². The van der Waals surface area contributed by atoms with Gasteiger partial charge < -0.3 is 0 Å². The predicted octanol–water partition coefficient (Wildman–Crippen LogP) is -4.64. The van der Waals surface area contributed by atoms with E-state index in [2.05, 4.69) is 0 Å². The first kappa shape index (κ1) is 25.7. The first-order chi connectivity index (χ1) is 6.00. The third-order valence-corrected chi connectivity index (χ3v) is 0. The molecule has 0 bridgehead atoms. The van der Waals surface area contributed by atoms with Crippen molar-refractivity contribution in [3.05, 3.63) is 0 Å². The number of rotatable bonds is 0. The van der Waals surface area contributed by atoms with Gasteiger partial charge in [-0.15, -0.1) is 0 Å². The molecular formula is Mn3O12Tm. The van der Waals surface area contributed by atoms with Crippen molar-refractivity contribution in [2.75, 3.05) is 0 Å². The zero-order valence-corrected chi connectivity index (χ0v) is 11.6. The SMILES string of the molecule is [O]=[Mn](=[O])(=[O])[O-].[O]=[Mn](=[O])(=[O])[O-].[O]=[Mn](=[O])(=[O])[O-].[Tm+3]. The quantitative estimate of drug-likeness (QED) is 0.272. The zero-order valence-electron chi connectivity index (χ0n) is 6.31. The van der Waals surface area contributed by atoms with E-state index in [0.717, 1.165) is 0 Å². The molecule has 0 aromatic heterocycles. The summed E-state index contributed by atoms with van der Waals surface area (Å²) in [5.74, 6) is 0. The minimum Gasteiger partial charge on any atom is 3.00 e. The summed E-state index contributed by atoms with van der Waals surface area (Å²) >= 11 is -16.9. The molecule has 0 rings (SSSR count). The Hall–Kier alpha value is 0.872. The van der Waals surface area contributed by atoms with E-state index in [0.29, 0.717) is 0 Å². The molecule has 0 saturated carbocycles. The van der Waals surface area contributed by atoms with Crippen molar-refractivity contribution in [2.45, 2.75) is 0 Å². The maximum Gasteiger partial charge on any atom is 3.00 e. The van der Waals surface area contributed by atoms with Crippen LogP contribution < -0.4 is 12.6 Å². The fourth-order valence-electron chi connectivity index (χ4n) is 0. The molecule has 0 aliphatic rings. The van der Waals surface area contributed by atoms with E-state index in [1.165, 1.54) is 0 Å².